The molecule has 1 aromatic carbocycles. The van der Waals surface area contributed by atoms with E-state index in [-0.39, 0.29) is 18.1 Å². The number of Topliss-reactive ketones (excluding diaryl/α,β-unsaturated/α-hetero) is 1. The fourth-order valence-electron chi connectivity index (χ4n) is 3.71. The number of rotatable bonds is 6. The fourth-order valence-corrected chi connectivity index (χ4v) is 3.71. The molecular weight excluding hydrogens is 386 g/mol. The number of ether oxygens (including phenoxy) is 2. The number of likely N-dealkylation sites (tertiary alicyclic amines) is 1. The van der Waals surface area contributed by atoms with Crippen molar-refractivity contribution in [2.24, 2.45) is 0 Å². The van der Waals surface area contributed by atoms with E-state index in [2.05, 4.69) is 4.98 Å². The van der Waals surface area contributed by atoms with Crippen molar-refractivity contribution >= 4 is 17.4 Å². The number of pyridine rings is 1. The van der Waals surface area contributed by atoms with Crippen LogP contribution >= 0.6 is 0 Å². The third kappa shape index (κ3) is 3.61. The Hall–Kier alpha value is -3.39. The molecule has 4 rings (SSSR count). The third-order valence-corrected chi connectivity index (χ3v) is 5.16. The van der Waals surface area contributed by atoms with Crippen molar-refractivity contribution in [1.29, 1.82) is 0 Å². The van der Waals surface area contributed by atoms with Crippen molar-refractivity contribution in [2.45, 2.75) is 12.5 Å². The molecule has 1 atom stereocenters. The first-order chi connectivity index (χ1) is 14.5. The Morgan fingerprint density at radius 3 is 2.73 bits per heavy atom. The number of aliphatic hydroxyl groups is 1. The van der Waals surface area contributed by atoms with Gasteiger partial charge >= 0.3 is 0 Å². The van der Waals surface area contributed by atoms with E-state index in [0.29, 0.717) is 35.7 Å². The minimum absolute atomic E-state index is 0.0300. The number of hydrogen-bond donors (Lipinski definition) is 1. The second-order valence-electron chi connectivity index (χ2n) is 7.47. The highest BCUT2D eigenvalue weighted by molar-refractivity contribution is 6.46. The molecule has 1 fully saturated rings. The van der Waals surface area contributed by atoms with Gasteiger partial charge in [0.25, 0.3) is 11.7 Å². The molecule has 2 aliphatic rings. The zero-order chi connectivity index (χ0) is 21.3. The van der Waals surface area contributed by atoms with Gasteiger partial charge in [0.1, 0.15) is 11.8 Å². The molecule has 156 valence electrons. The number of carbonyl (C=O) groups excluding carboxylic acids is 2. The number of nitrogens with zero attached hydrogens (tertiary/aromatic N) is 3. The quantitative estimate of drug-likeness (QED) is 0.444. The molecular formula is C22H23N3O5. The van der Waals surface area contributed by atoms with Gasteiger partial charge in [0.05, 0.1) is 11.3 Å². The van der Waals surface area contributed by atoms with E-state index in [1.54, 1.807) is 42.6 Å². The highest BCUT2D eigenvalue weighted by atomic mass is 16.7. The molecule has 8 nitrogen and oxygen atoms in total. The molecule has 2 aromatic rings. The van der Waals surface area contributed by atoms with Crippen LogP contribution in [-0.4, -0.2) is 65.6 Å². The average molecular weight is 409 g/mol. The summed E-state index contributed by atoms with van der Waals surface area (Å²) in [7, 11) is 3.90. The number of aromatic nitrogens is 1. The smallest absolute Gasteiger partial charge is 0.295 e. The van der Waals surface area contributed by atoms with Crippen molar-refractivity contribution < 1.29 is 24.2 Å². The van der Waals surface area contributed by atoms with Crippen LogP contribution in [0.5, 0.6) is 11.5 Å². The largest absolute Gasteiger partial charge is 0.507 e. The number of fused-ring (bicyclic) bond motifs is 1. The lowest BCUT2D eigenvalue weighted by Crippen LogP contribution is -2.32. The lowest BCUT2D eigenvalue weighted by Gasteiger charge is -2.25. The molecule has 0 aliphatic carbocycles. The lowest BCUT2D eigenvalue weighted by atomic mass is 9.98. The number of amides is 1. The predicted molar refractivity (Wildman–Crippen MR) is 109 cm³/mol. The molecule has 2 aliphatic heterocycles. The fraction of sp³-hybridized carbons (Fsp3) is 0.318. The number of carbonyl (C=O) groups is 2. The zero-order valence-electron chi connectivity index (χ0n) is 16.9. The monoisotopic (exact) mass is 409 g/mol. The summed E-state index contributed by atoms with van der Waals surface area (Å²) in [5, 5.41) is 11.1. The summed E-state index contributed by atoms with van der Waals surface area (Å²) in [6.45, 7) is 1.24. The van der Waals surface area contributed by atoms with Crippen molar-refractivity contribution in [1.82, 2.24) is 14.8 Å². The standard InChI is InChI=1S/C22H23N3O5/c1-24(2)10-5-11-25-19(15-6-3-4-9-23-15)18(21(27)22(25)28)20(26)14-7-8-16-17(12-14)30-13-29-16/h3-4,6-9,12,19,26H,5,10-11,13H2,1-2H3. The van der Waals surface area contributed by atoms with Crippen LogP contribution < -0.4 is 9.47 Å². The summed E-state index contributed by atoms with van der Waals surface area (Å²) < 4.78 is 10.7. The molecule has 1 aromatic heterocycles. The minimum Gasteiger partial charge on any atom is -0.507 e. The Morgan fingerprint density at radius 1 is 1.20 bits per heavy atom. The number of benzene rings is 1. The number of ketones is 1. The Bertz CT molecular complexity index is 1000. The first-order valence-electron chi connectivity index (χ1n) is 9.71. The Kier molecular flexibility index (Phi) is 5.41. The zero-order valence-corrected chi connectivity index (χ0v) is 16.9. The summed E-state index contributed by atoms with van der Waals surface area (Å²) in [6.07, 6.45) is 2.29. The molecule has 1 N–H and O–H groups in total. The first-order valence-corrected chi connectivity index (χ1v) is 9.71. The van der Waals surface area contributed by atoms with Crippen molar-refractivity contribution in [3.05, 3.63) is 59.4 Å². The van der Waals surface area contributed by atoms with Gasteiger partial charge in [-0.1, -0.05) is 6.07 Å². The maximum atomic E-state index is 12.9. The van der Waals surface area contributed by atoms with Gasteiger partial charge in [0.15, 0.2) is 11.5 Å². The van der Waals surface area contributed by atoms with E-state index in [4.69, 9.17) is 9.47 Å². The number of hydrogen-bond acceptors (Lipinski definition) is 7. The topological polar surface area (TPSA) is 92.2 Å². The van der Waals surface area contributed by atoms with Crippen molar-refractivity contribution in [3.8, 4) is 11.5 Å². The molecule has 1 unspecified atom stereocenters. The Labute approximate surface area is 174 Å². The van der Waals surface area contributed by atoms with E-state index in [9.17, 15) is 14.7 Å². The van der Waals surface area contributed by atoms with Gasteiger partial charge in [-0.05, 0) is 57.4 Å². The summed E-state index contributed by atoms with van der Waals surface area (Å²) >= 11 is 0. The van der Waals surface area contributed by atoms with E-state index >= 15 is 0 Å². The van der Waals surface area contributed by atoms with Gasteiger partial charge in [0, 0.05) is 18.3 Å². The van der Waals surface area contributed by atoms with Crippen LogP contribution in [-0.2, 0) is 9.59 Å². The molecule has 0 spiro atoms. The average Bonchev–Trinajstić information content (AvgIpc) is 3.31. The van der Waals surface area contributed by atoms with Crippen molar-refractivity contribution in [3.63, 3.8) is 0 Å². The van der Waals surface area contributed by atoms with Crippen LogP contribution in [0.15, 0.2) is 48.2 Å². The predicted octanol–water partition coefficient (Wildman–Crippen LogP) is 2.18. The molecule has 0 radical (unpaired) electrons. The molecule has 1 amide bonds. The van der Waals surface area contributed by atoms with Gasteiger partial charge in [-0.2, -0.15) is 0 Å². The molecule has 0 bridgehead atoms. The van der Waals surface area contributed by atoms with Crippen LogP contribution in [0.1, 0.15) is 23.7 Å². The molecule has 3 heterocycles. The Morgan fingerprint density at radius 2 is 2.00 bits per heavy atom. The second kappa shape index (κ2) is 8.16. The second-order valence-corrected chi connectivity index (χ2v) is 7.47. The highest BCUT2D eigenvalue weighted by Gasteiger charge is 2.46. The number of aliphatic hydroxyl groups excluding tert-OH is 1. The van der Waals surface area contributed by atoms with Gasteiger partial charge in [-0.25, -0.2) is 0 Å². The van der Waals surface area contributed by atoms with E-state index in [0.717, 1.165) is 6.54 Å². The molecule has 8 heteroatoms. The summed E-state index contributed by atoms with van der Waals surface area (Å²) in [4.78, 5) is 33.7. The highest BCUT2D eigenvalue weighted by Crippen LogP contribution is 2.40. The van der Waals surface area contributed by atoms with Gasteiger partial charge in [0.2, 0.25) is 6.79 Å². The maximum absolute atomic E-state index is 12.9. The van der Waals surface area contributed by atoms with Crippen LogP contribution in [0.4, 0.5) is 0 Å². The van der Waals surface area contributed by atoms with Crippen LogP contribution in [0.2, 0.25) is 0 Å². The van der Waals surface area contributed by atoms with Gasteiger partial charge in [-0.15, -0.1) is 0 Å². The van der Waals surface area contributed by atoms with E-state index < -0.39 is 17.7 Å². The van der Waals surface area contributed by atoms with Crippen LogP contribution in [0.3, 0.4) is 0 Å². The van der Waals surface area contributed by atoms with Gasteiger partial charge < -0.3 is 24.4 Å². The van der Waals surface area contributed by atoms with Crippen LogP contribution in [0.25, 0.3) is 5.76 Å². The molecule has 0 saturated carbocycles. The molecule has 30 heavy (non-hydrogen) atoms. The first kappa shape index (κ1) is 19.9. The SMILES string of the molecule is CN(C)CCCN1C(=O)C(=O)C(=C(O)c2ccc3c(c2)OCO3)C1c1ccccn1. The van der Waals surface area contributed by atoms with Crippen LogP contribution in [0, 0.1) is 0 Å². The summed E-state index contributed by atoms with van der Waals surface area (Å²) in [6, 6.07) is 9.47. The van der Waals surface area contributed by atoms with Crippen molar-refractivity contribution in [2.75, 3.05) is 34.0 Å². The Balaban J connectivity index is 1.77. The summed E-state index contributed by atoms with van der Waals surface area (Å²) in [5.41, 5.74) is 0.942. The molecule has 1 saturated heterocycles. The third-order valence-electron chi connectivity index (χ3n) is 5.16. The normalized spacial score (nSPS) is 19.7. The maximum Gasteiger partial charge on any atom is 0.295 e. The van der Waals surface area contributed by atoms with Gasteiger partial charge in [-0.3, -0.25) is 14.6 Å². The summed E-state index contributed by atoms with van der Waals surface area (Å²) in [5.74, 6) is -0.555. The lowest BCUT2D eigenvalue weighted by molar-refractivity contribution is -0.140. The van der Waals surface area contributed by atoms with E-state index in [1.807, 2.05) is 19.0 Å². The minimum atomic E-state index is -0.751. The van der Waals surface area contributed by atoms with E-state index in [1.165, 1.54) is 4.90 Å².